The average molecular weight is 261 g/mol. The Balaban J connectivity index is 1.69. The first kappa shape index (κ1) is 13.1. The van der Waals surface area contributed by atoms with Crippen LogP contribution < -0.4 is 0 Å². The lowest BCUT2D eigenvalue weighted by Gasteiger charge is -2.37. The highest BCUT2D eigenvalue weighted by molar-refractivity contribution is 5.35. The van der Waals surface area contributed by atoms with Crippen LogP contribution in [0.1, 0.15) is 30.0 Å². The summed E-state index contributed by atoms with van der Waals surface area (Å²) in [4.78, 5) is 2.42. The third-order valence-electron chi connectivity index (χ3n) is 4.39. The van der Waals surface area contributed by atoms with Crippen LogP contribution in [0.4, 0.5) is 0 Å². The van der Waals surface area contributed by atoms with E-state index in [9.17, 15) is 5.11 Å². The van der Waals surface area contributed by atoms with Gasteiger partial charge in [-0.25, -0.2) is 0 Å². The van der Waals surface area contributed by atoms with Gasteiger partial charge in [0.15, 0.2) is 0 Å². The molecule has 1 aliphatic carbocycles. The van der Waals surface area contributed by atoms with E-state index in [0.29, 0.717) is 6.04 Å². The van der Waals surface area contributed by atoms with Crippen molar-refractivity contribution in [1.29, 1.82) is 0 Å². The number of rotatable bonds is 3. The molecule has 0 aromatic heterocycles. The van der Waals surface area contributed by atoms with E-state index in [0.717, 1.165) is 19.7 Å². The van der Waals surface area contributed by atoms with E-state index in [1.165, 1.54) is 36.0 Å². The van der Waals surface area contributed by atoms with Crippen molar-refractivity contribution in [3.05, 3.63) is 34.9 Å². The molecule has 1 heterocycles. The summed E-state index contributed by atoms with van der Waals surface area (Å²) >= 11 is 0. The van der Waals surface area contributed by atoms with Crippen LogP contribution in [0.5, 0.6) is 0 Å². The second-order valence-electron chi connectivity index (χ2n) is 5.87. The van der Waals surface area contributed by atoms with Crippen LogP contribution in [0.15, 0.2) is 18.2 Å². The monoisotopic (exact) mass is 261 g/mol. The molecule has 1 aliphatic heterocycles. The number of hydrogen-bond acceptors (Lipinski definition) is 3. The van der Waals surface area contributed by atoms with Gasteiger partial charge in [0.1, 0.15) is 0 Å². The third-order valence-corrected chi connectivity index (χ3v) is 4.39. The van der Waals surface area contributed by atoms with Gasteiger partial charge in [0.25, 0.3) is 0 Å². The van der Waals surface area contributed by atoms with Crippen molar-refractivity contribution in [2.24, 2.45) is 0 Å². The van der Waals surface area contributed by atoms with Crippen LogP contribution in [0, 0.1) is 0 Å². The predicted octanol–water partition coefficient (Wildman–Crippen LogP) is 1.76. The van der Waals surface area contributed by atoms with E-state index in [2.05, 4.69) is 30.0 Å². The fourth-order valence-corrected chi connectivity index (χ4v) is 3.16. The minimum atomic E-state index is -0.0226. The summed E-state index contributed by atoms with van der Waals surface area (Å²) in [7, 11) is 0. The molecule has 1 N–H and O–H groups in total. The maximum Gasteiger partial charge on any atom is 0.0933 e. The summed E-state index contributed by atoms with van der Waals surface area (Å²) in [6.07, 6.45) is 3.77. The van der Waals surface area contributed by atoms with E-state index in [-0.39, 0.29) is 12.7 Å². The minimum absolute atomic E-state index is 0.0226. The highest BCUT2D eigenvalue weighted by atomic mass is 16.5. The summed E-state index contributed by atoms with van der Waals surface area (Å²) in [5.41, 5.74) is 4.47. The van der Waals surface area contributed by atoms with Crippen molar-refractivity contribution in [2.75, 3.05) is 19.8 Å². The van der Waals surface area contributed by atoms with Crippen LogP contribution in [-0.4, -0.2) is 41.9 Å². The Morgan fingerprint density at radius 3 is 3.00 bits per heavy atom. The van der Waals surface area contributed by atoms with Gasteiger partial charge in [-0.2, -0.15) is 0 Å². The van der Waals surface area contributed by atoms with Gasteiger partial charge in [-0.15, -0.1) is 0 Å². The summed E-state index contributed by atoms with van der Waals surface area (Å²) in [5.74, 6) is 0. The average Bonchev–Trinajstić information content (AvgIpc) is 2.89. The molecule has 1 fully saturated rings. The number of benzene rings is 1. The smallest absolute Gasteiger partial charge is 0.0933 e. The first-order valence-corrected chi connectivity index (χ1v) is 7.33. The Morgan fingerprint density at radius 1 is 1.32 bits per heavy atom. The van der Waals surface area contributed by atoms with E-state index < -0.39 is 0 Å². The number of aryl methyl sites for hydroxylation is 2. The number of morpholine rings is 1. The van der Waals surface area contributed by atoms with E-state index in [4.69, 9.17) is 4.74 Å². The van der Waals surface area contributed by atoms with E-state index in [1.807, 2.05) is 0 Å². The van der Waals surface area contributed by atoms with Crippen LogP contribution in [0.25, 0.3) is 0 Å². The SMILES string of the molecule is CC1COC(CO)CN1Cc1ccc2c(c1)CCC2. The maximum atomic E-state index is 9.24. The standard InChI is InChI=1S/C16H23NO2/c1-12-11-19-16(10-18)9-17(12)8-13-5-6-14-3-2-4-15(14)7-13/h5-7,12,16,18H,2-4,8-11H2,1H3. The molecule has 2 aliphatic rings. The lowest BCUT2D eigenvalue weighted by atomic mass is 10.0. The molecule has 2 atom stereocenters. The molecule has 1 aromatic carbocycles. The zero-order chi connectivity index (χ0) is 13.2. The van der Waals surface area contributed by atoms with Gasteiger partial charge >= 0.3 is 0 Å². The van der Waals surface area contributed by atoms with Crippen LogP contribution >= 0.6 is 0 Å². The van der Waals surface area contributed by atoms with Gasteiger partial charge in [0.05, 0.1) is 19.3 Å². The second-order valence-corrected chi connectivity index (χ2v) is 5.87. The molecule has 0 amide bonds. The Labute approximate surface area is 115 Å². The lowest BCUT2D eigenvalue weighted by Crippen LogP contribution is -2.48. The summed E-state index contributed by atoms with van der Waals surface area (Å²) in [6.45, 7) is 4.83. The molecular formula is C16H23NO2. The van der Waals surface area contributed by atoms with Gasteiger partial charge in [-0.1, -0.05) is 18.2 Å². The fourth-order valence-electron chi connectivity index (χ4n) is 3.16. The Hall–Kier alpha value is -0.900. The highest BCUT2D eigenvalue weighted by Gasteiger charge is 2.25. The molecule has 1 aromatic rings. The first-order chi connectivity index (χ1) is 9.26. The second kappa shape index (κ2) is 5.61. The molecule has 0 radical (unpaired) electrons. The van der Waals surface area contributed by atoms with Gasteiger partial charge in [0, 0.05) is 19.1 Å². The molecule has 3 nitrogen and oxygen atoms in total. The van der Waals surface area contributed by atoms with E-state index in [1.54, 1.807) is 0 Å². The first-order valence-electron chi connectivity index (χ1n) is 7.33. The number of hydrogen-bond donors (Lipinski definition) is 1. The van der Waals surface area contributed by atoms with Crippen molar-refractivity contribution in [1.82, 2.24) is 4.90 Å². The molecule has 104 valence electrons. The van der Waals surface area contributed by atoms with Crippen LogP contribution in [-0.2, 0) is 24.1 Å². The van der Waals surface area contributed by atoms with E-state index >= 15 is 0 Å². The number of nitrogens with zero attached hydrogens (tertiary/aromatic N) is 1. The number of fused-ring (bicyclic) bond motifs is 1. The zero-order valence-electron chi connectivity index (χ0n) is 11.6. The van der Waals surface area contributed by atoms with Crippen molar-refractivity contribution in [3.8, 4) is 0 Å². The predicted molar refractivity (Wildman–Crippen MR) is 75.2 cm³/mol. The summed E-state index contributed by atoms with van der Waals surface area (Å²) in [5, 5.41) is 9.24. The summed E-state index contributed by atoms with van der Waals surface area (Å²) < 4.78 is 5.59. The largest absolute Gasteiger partial charge is 0.394 e. The molecule has 3 rings (SSSR count). The normalized spacial score (nSPS) is 27.5. The fraction of sp³-hybridized carbons (Fsp3) is 0.625. The topological polar surface area (TPSA) is 32.7 Å². The quantitative estimate of drug-likeness (QED) is 0.900. The highest BCUT2D eigenvalue weighted by Crippen LogP contribution is 2.24. The molecule has 3 heteroatoms. The number of aliphatic hydroxyl groups is 1. The number of aliphatic hydroxyl groups excluding tert-OH is 1. The van der Waals surface area contributed by atoms with Gasteiger partial charge in [0.2, 0.25) is 0 Å². The Morgan fingerprint density at radius 2 is 2.16 bits per heavy atom. The van der Waals surface area contributed by atoms with Crippen molar-refractivity contribution in [2.45, 2.75) is 44.9 Å². The molecule has 0 saturated carbocycles. The molecule has 1 saturated heterocycles. The lowest BCUT2D eigenvalue weighted by molar-refractivity contribution is -0.0805. The Kier molecular flexibility index (Phi) is 3.87. The third kappa shape index (κ3) is 2.83. The number of ether oxygens (including phenoxy) is 1. The molecular weight excluding hydrogens is 238 g/mol. The van der Waals surface area contributed by atoms with Gasteiger partial charge in [-0.05, 0) is 42.9 Å². The van der Waals surface area contributed by atoms with Crippen molar-refractivity contribution >= 4 is 0 Å². The van der Waals surface area contributed by atoms with Gasteiger partial charge in [-0.3, -0.25) is 4.90 Å². The van der Waals surface area contributed by atoms with Gasteiger partial charge < -0.3 is 9.84 Å². The van der Waals surface area contributed by atoms with Crippen molar-refractivity contribution < 1.29 is 9.84 Å². The van der Waals surface area contributed by atoms with Crippen LogP contribution in [0.2, 0.25) is 0 Å². The Bertz CT molecular complexity index is 446. The maximum absolute atomic E-state index is 9.24. The zero-order valence-corrected chi connectivity index (χ0v) is 11.6. The van der Waals surface area contributed by atoms with Crippen molar-refractivity contribution in [3.63, 3.8) is 0 Å². The molecule has 0 spiro atoms. The molecule has 0 bridgehead atoms. The molecule has 2 unspecified atom stereocenters. The summed E-state index contributed by atoms with van der Waals surface area (Å²) in [6, 6.07) is 7.36. The van der Waals surface area contributed by atoms with Crippen LogP contribution in [0.3, 0.4) is 0 Å². The minimum Gasteiger partial charge on any atom is -0.394 e. The molecule has 19 heavy (non-hydrogen) atoms.